The zero-order valence-corrected chi connectivity index (χ0v) is 10.4. The lowest BCUT2D eigenvalue weighted by atomic mass is 10.2. The fraction of sp³-hybridized carbons (Fsp3) is 0.500. The van der Waals surface area contributed by atoms with E-state index in [9.17, 15) is 4.79 Å². The van der Waals surface area contributed by atoms with Gasteiger partial charge in [-0.3, -0.25) is 4.79 Å². The summed E-state index contributed by atoms with van der Waals surface area (Å²) in [5, 5.41) is 3.10. The Morgan fingerprint density at radius 1 is 1.67 bits per heavy atom. The van der Waals surface area contributed by atoms with Crippen molar-refractivity contribution in [1.82, 2.24) is 10.3 Å². The van der Waals surface area contributed by atoms with Crippen LogP contribution in [0.4, 0.5) is 5.82 Å². The number of nitrogens with one attached hydrogen (secondary N) is 1. The smallest absolute Gasteiger partial charge is 0.250 e. The Balaban J connectivity index is 2.04. The van der Waals surface area contributed by atoms with Crippen LogP contribution in [0.2, 0.25) is 0 Å². The molecule has 2 rings (SSSR count). The standard InChI is InChI=1S/C12H18N4O2/c1-14-7-10-8-16(4-5-18-10)11-3-2-9(6-15-11)12(13)17/h2-3,6,10,14H,4-5,7-8H2,1H3,(H2,13,17). The van der Waals surface area contributed by atoms with Gasteiger partial charge in [-0.15, -0.1) is 0 Å². The number of carbonyl (C=O) groups excluding carboxylic acids is 1. The van der Waals surface area contributed by atoms with E-state index < -0.39 is 5.91 Å². The van der Waals surface area contributed by atoms with E-state index in [4.69, 9.17) is 10.5 Å². The van der Waals surface area contributed by atoms with Gasteiger partial charge >= 0.3 is 0 Å². The molecule has 1 atom stereocenters. The van der Waals surface area contributed by atoms with Crippen LogP contribution in [0.3, 0.4) is 0 Å². The minimum Gasteiger partial charge on any atom is -0.373 e. The van der Waals surface area contributed by atoms with Crippen LogP contribution >= 0.6 is 0 Å². The molecule has 1 aromatic heterocycles. The van der Waals surface area contributed by atoms with Crippen LogP contribution in [0.5, 0.6) is 0 Å². The number of hydrogen-bond acceptors (Lipinski definition) is 5. The lowest BCUT2D eigenvalue weighted by Crippen LogP contribution is -2.46. The molecule has 1 fully saturated rings. The first-order chi connectivity index (χ1) is 8.70. The van der Waals surface area contributed by atoms with E-state index in [2.05, 4.69) is 15.2 Å². The van der Waals surface area contributed by atoms with Crippen molar-refractivity contribution in [3.05, 3.63) is 23.9 Å². The van der Waals surface area contributed by atoms with Gasteiger partial charge in [0, 0.05) is 25.8 Å². The van der Waals surface area contributed by atoms with Gasteiger partial charge in [0.15, 0.2) is 0 Å². The number of aromatic nitrogens is 1. The molecule has 3 N–H and O–H groups in total. The van der Waals surface area contributed by atoms with Crippen molar-refractivity contribution >= 4 is 11.7 Å². The predicted molar refractivity (Wildman–Crippen MR) is 68.6 cm³/mol. The fourth-order valence-corrected chi connectivity index (χ4v) is 2.00. The van der Waals surface area contributed by atoms with Crippen LogP contribution in [0.1, 0.15) is 10.4 Å². The molecular formula is C12H18N4O2. The maximum Gasteiger partial charge on any atom is 0.250 e. The van der Waals surface area contributed by atoms with Gasteiger partial charge in [0.25, 0.3) is 0 Å². The Kier molecular flexibility index (Phi) is 4.11. The number of morpholine rings is 1. The third-order valence-electron chi connectivity index (χ3n) is 2.93. The Morgan fingerprint density at radius 3 is 3.11 bits per heavy atom. The van der Waals surface area contributed by atoms with E-state index in [0.29, 0.717) is 12.2 Å². The minimum absolute atomic E-state index is 0.168. The maximum atomic E-state index is 11.0. The number of carbonyl (C=O) groups is 1. The van der Waals surface area contributed by atoms with Crippen molar-refractivity contribution < 1.29 is 9.53 Å². The van der Waals surface area contributed by atoms with Crippen LogP contribution in [0, 0.1) is 0 Å². The van der Waals surface area contributed by atoms with E-state index >= 15 is 0 Å². The van der Waals surface area contributed by atoms with E-state index in [-0.39, 0.29) is 6.10 Å². The summed E-state index contributed by atoms with van der Waals surface area (Å²) in [5.74, 6) is 0.397. The number of ether oxygens (including phenoxy) is 1. The van der Waals surface area contributed by atoms with Crippen molar-refractivity contribution in [1.29, 1.82) is 0 Å². The SMILES string of the molecule is CNCC1CN(c2ccc(C(N)=O)cn2)CCO1. The average molecular weight is 250 g/mol. The molecule has 1 aliphatic heterocycles. The highest BCUT2D eigenvalue weighted by molar-refractivity contribution is 5.92. The first kappa shape index (κ1) is 12.8. The number of pyridine rings is 1. The topological polar surface area (TPSA) is 80.5 Å². The highest BCUT2D eigenvalue weighted by atomic mass is 16.5. The molecule has 0 aliphatic carbocycles. The number of nitrogens with two attached hydrogens (primary N) is 1. The van der Waals surface area contributed by atoms with Crippen LogP contribution < -0.4 is 16.0 Å². The van der Waals surface area contributed by atoms with Crippen LogP contribution in [-0.4, -0.2) is 50.3 Å². The second-order valence-corrected chi connectivity index (χ2v) is 4.27. The predicted octanol–water partition coefficient (Wildman–Crippen LogP) is -0.395. The number of nitrogens with zero attached hydrogens (tertiary/aromatic N) is 2. The summed E-state index contributed by atoms with van der Waals surface area (Å²) in [7, 11) is 1.90. The highest BCUT2D eigenvalue weighted by Gasteiger charge is 2.20. The zero-order valence-electron chi connectivity index (χ0n) is 10.4. The summed E-state index contributed by atoms with van der Waals surface area (Å²) in [6, 6.07) is 3.52. The molecule has 0 bridgehead atoms. The quantitative estimate of drug-likeness (QED) is 0.760. The van der Waals surface area contributed by atoms with Crippen LogP contribution in [0.25, 0.3) is 0 Å². The van der Waals surface area contributed by atoms with E-state index in [1.54, 1.807) is 6.07 Å². The molecule has 6 nitrogen and oxygen atoms in total. The van der Waals surface area contributed by atoms with Gasteiger partial charge in [0.2, 0.25) is 5.91 Å². The summed E-state index contributed by atoms with van der Waals surface area (Å²) >= 11 is 0. The summed E-state index contributed by atoms with van der Waals surface area (Å²) in [6.45, 7) is 3.11. The number of primary amides is 1. The Hall–Kier alpha value is -1.66. The van der Waals surface area contributed by atoms with Crippen molar-refractivity contribution in [2.45, 2.75) is 6.10 Å². The molecule has 1 amide bonds. The van der Waals surface area contributed by atoms with Crippen molar-refractivity contribution in [3.63, 3.8) is 0 Å². The normalized spacial score (nSPS) is 19.8. The highest BCUT2D eigenvalue weighted by Crippen LogP contribution is 2.15. The summed E-state index contributed by atoms with van der Waals surface area (Å²) in [6.07, 6.45) is 1.68. The minimum atomic E-state index is -0.455. The third-order valence-corrected chi connectivity index (χ3v) is 2.93. The van der Waals surface area contributed by atoms with Gasteiger partial charge in [-0.05, 0) is 19.2 Å². The molecule has 0 radical (unpaired) electrons. The number of hydrogen-bond donors (Lipinski definition) is 2. The lowest BCUT2D eigenvalue weighted by molar-refractivity contribution is 0.0419. The van der Waals surface area contributed by atoms with Gasteiger partial charge in [0.1, 0.15) is 5.82 Å². The van der Waals surface area contributed by atoms with E-state index in [1.807, 2.05) is 13.1 Å². The van der Waals surface area contributed by atoms with Crippen molar-refractivity contribution in [2.75, 3.05) is 38.2 Å². The van der Waals surface area contributed by atoms with E-state index in [0.717, 1.165) is 25.5 Å². The van der Waals surface area contributed by atoms with Crippen molar-refractivity contribution in [2.24, 2.45) is 5.73 Å². The summed E-state index contributed by atoms with van der Waals surface area (Å²) < 4.78 is 5.63. The number of amides is 1. The van der Waals surface area contributed by atoms with Crippen LogP contribution in [0.15, 0.2) is 18.3 Å². The largest absolute Gasteiger partial charge is 0.373 e. The average Bonchev–Trinajstić information content (AvgIpc) is 2.39. The molecule has 1 aliphatic rings. The van der Waals surface area contributed by atoms with Gasteiger partial charge in [-0.25, -0.2) is 4.98 Å². The lowest BCUT2D eigenvalue weighted by Gasteiger charge is -2.33. The first-order valence-corrected chi connectivity index (χ1v) is 5.97. The van der Waals surface area contributed by atoms with Gasteiger partial charge < -0.3 is 20.7 Å². The van der Waals surface area contributed by atoms with Gasteiger partial charge in [-0.2, -0.15) is 0 Å². The second kappa shape index (κ2) is 5.79. The van der Waals surface area contributed by atoms with Crippen molar-refractivity contribution in [3.8, 4) is 0 Å². The molecule has 0 aromatic carbocycles. The number of rotatable bonds is 4. The molecule has 0 saturated carbocycles. The number of likely N-dealkylation sites (N-methyl/N-ethyl adjacent to an activating group) is 1. The molecule has 1 aromatic rings. The fourth-order valence-electron chi connectivity index (χ4n) is 2.00. The third kappa shape index (κ3) is 2.96. The molecular weight excluding hydrogens is 232 g/mol. The van der Waals surface area contributed by atoms with Crippen LogP contribution in [-0.2, 0) is 4.74 Å². The Bertz CT molecular complexity index is 405. The Labute approximate surface area is 106 Å². The monoisotopic (exact) mass is 250 g/mol. The molecule has 0 spiro atoms. The maximum absolute atomic E-state index is 11.0. The number of anilines is 1. The van der Waals surface area contributed by atoms with E-state index in [1.165, 1.54) is 6.20 Å². The summed E-state index contributed by atoms with van der Waals surface area (Å²) in [4.78, 5) is 17.4. The summed E-state index contributed by atoms with van der Waals surface area (Å²) in [5.41, 5.74) is 5.61. The van der Waals surface area contributed by atoms with Gasteiger partial charge in [-0.1, -0.05) is 0 Å². The molecule has 98 valence electrons. The molecule has 6 heteroatoms. The zero-order chi connectivity index (χ0) is 13.0. The molecule has 2 heterocycles. The second-order valence-electron chi connectivity index (χ2n) is 4.27. The molecule has 18 heavy (non-hydrogen) atoms. The molecule has 1 saturated heterocycles. The first-order valence-electron chi connectivity index (χ1n) is 5.97. The molecule has 1 unspecified atom stereocenters. The Morgan fingerprint density at radius 2 is 2.50 bits per heavy atom. The van der Waals surface area contributed by atoms with Gasteiger partial charge in [0.05, 0.1) is 18.3 Å².